The molecule has 108 valence electrons. The zero-order valence-electron chi connectivity index (χ0n) is 11.5. The molecule has 1 aliphatic carbocycles. The zero-order valence-corrected chi connectivity index (χ0v) is 11.5. The van der Waals surface area contributed by atoms with E-state index in [4.69, 9.17) is 5.73 Å². The van der Waals surface area contributed by atoms with E-state index >= 15 is 0 Å². The Hall–Kier alpha value is -2.43. The van der Waals surface area contributed by atoms with Crippen molar-refractivity contribution >= 4 is 17.4 Å². The number of hydrogen-bond acceptors (Lipinski definition) is 3. The average molecular weight is 285 g/mol. The molecular weight excluding hydrogens is 269 g/mol. The quantitative estimate of drug-likeness (QED) is 0.891. The summed E-state index contributed by atoms with van der Waals surface area (Å²) >= 11 is 0. The molecule has 0 aliphatic heterocycles. The van der Waals surface area contributed by atoms with Crippen LogP contribution in [0.2, 0.25) is 0 Å². The van der Waals surface area contributed by atoms with E-state index in [0.717, 1.165) is 37.2 Å². The van der Waals surface area contributed by atoms with E-state index in [1.807, 2.05) is 12.1 Å². The Morgan fingerprint density at radius 1 is 1.29 bits per heavy atom. The number of rotatable bonds is 2. The maximum absolute atomic E-state index is 13.2. The summed E-state index contributed by atoms with van der Waals surface area (Å²) in [6.45, 7) is 0. The van der Waals surface area contributed by atoms with Gasteiger partial charge < -0.3 is 11.1 Å². The number of pyridine rings is 1. The van der Waals surface area contributed by atoms with Gasteiger partial charge in [0.15, 0.2) is 0 Å². The summed E-state index contributed by atoms with van der Waals surface area (Å²) < 4.78 is 13.2. The number of benzene rings is 1. The van der Waals surface area contributed by atoms with Crippen molar-refractivity contribution in [2.75, 3.05) is 11.1 Å². The number of nitrogen functional groups attached to an aromatic ring is 1. The maximum atomic E-state index is 13.2. The van der Waals surface area contributed by atoms with Gasteiger partial charge in [0.1, 0.15) is 11.6 Å². The number of hydrogen-bond donors (Lipinski definition) is 2. The van der Waals surface area contributed by atoms with Crippen molar-refractivity contribution in [2.45, 2.75) is 25.7 Å². The van der Waals surface area contributed by atoms with Crippen LogP contribution in [0.3, 0.4) is 0 Å². The van der Waals surface area contributed by atoms with Crippen LogP contribution in [-0.2, 0) is 12.8 Å². The fraction of sp³-hybridized carbons (Fsp3) is 0.250. The van der Waals surface area contributed by atoms with E-state index < -0.39 is 11.7 Å². The molecule has 0 unspecified atom stereocenters. The van der Waals surface area contributed by atoms with Crippen LogP contribution in [0.1, 0.15) is 34.3 Å². The van der Waals surface area contributed by atoms with E-state index in [1.165, 1.54) is 17.5 Å². The first-order valence-electron chi connectivity index (χ1n) is 6.98. The summed E-state index contributed by atoms with van der Waals surface area (Å²) in [4.78, 5) is 15.9. The lowest BCUT2D eigenvalue weighted by atomic mass is 9.90. The number of amides is 1. The first kappa shape index (κ1) is 13.5. The minimum Gasteiger partial charge on any atom is -0.383 e. The fourth-order valence-electron chi connectivity index (χ4n) is 2.72. The highest BCUT2D eigenvalue weighted by atomic mass is 19.1. The van der Waals surface area contributed by atoms with E-state index in [9.17, 15) is 9.18 Å². The topological polar surface area (TPSA) is 68.0 Å². The molecule has 3 N–H and O–H groups in total. The number of aryl methyl sites for hydroxylation is 1. The molecule has 1 heterocycles. The number of anilines is 2. The molecule has 1 aliphatic rings. The van der Waals surface area contributed by atoms with Gasteiger partial charge in [0.05, 0.1) is 11.8 Å². The second-order valence-electron chi connectivity index (χ2n) is 5.19. The highest BCUT2D eigenvalue weighted by Gasteiger charge is 2.17. The van der Waals surface area contributed by atoms with Crippen LogP contribution in [-0.4, -0.2) is 10.9 Å². The number of carbonyl (C=O) groups excluding carboxylic acids is 1. The second-order valence-corrected chi connectivity index (χ2v) is 5.19. The van der Waals surface area contributed by atoms with Gasteiger partial charge >= 0.3 is 0 Å². The summed E-state index contributed by atoms with van der Waals surface area (Å²) in [6.07, 6.45) is 5.26. The Bertz CT molecular complexity index is 700. The smallest absolute Gasteiger partial charge is 0.259 e. The van der Waals surface area contributed by atoms with Crippen LogP contribution in [0.15, 0.2) is 30.5 Å². The first-order valence-corrected chi connectivity index (χ1v) is 6.98. The zero-order chi connectivity index (χ0) is 14.8. The van der Waals surface area contributed by atoms with Gasteiger partial charge in [-0.2, -0.15) is 0 Å². The molecule has 5 heteroatoms. The first-order chi connectivity index (χ1) is 10.1. The van der Waals surface area contributed by atoms with Crippen molar-refractivity contribution in [3.8, 4) is 0 Å². The lowest BCUT2D eigenvalue weighted by Gasteiger charge is -2.19. The number of nitrogens with zero attached hydrogens (tertiary/aromatic N) is 1. The molecule has 0 fully saturated rings. The highest BCUT2D eigenvalue weighted by Crippen LogP contribution is 2.28. The predicted octanol–water partition coefficient (Wildman–Crippen LogP) is 2.93. The van der Waals surface area contributed by atoms with Gasteiger partial charge in [-0.25, -0.2) is 9.37 Å². The molecule has 0 bridgehead atoms. The summed E-state index contributed by atoms with van der Waals surface area (Å²) in [6, 6.07) is 6.98. The Kier molecular flexibility index (Phi) is 3.56. The minimum atomic E-state index is -0.579. The Balaban J connectivity index is 1.90. The molecule has 1 amide bonds. The van der Waals surface area contributed by atoms with Crippen LogP contribution >= 0.6 is 0 Å². The molecule has 0 atom stereocenters. The van der Waals surface area contributed by atoms with Crippen molar-refractivity contribution in [3.63, 3.8) is 0 Å². The number of halogens is 1. The number of nitrogens with two attached hydrogens (primary N) is 1. The van der Waals surface area contributed by atoms with Crippen molar-refractivity contribution in [3.05, 3.63) is 53.0 Å². The molecule has 0 saturated carbocycles. The predicted molar refractivity (Wildman–Crippen MR) is 79.6 cm³/mol. The highest BCUT2D eigenvalue weighted by molar-refractivity contribution is 6.07. The third kappa shape index (κ3) is 2.72. The van der Waals surface area contributed by atoms with Crippen LogP contribution in [0.5, 0.6) is 0 Å². The summed E-state index contributed by atoms with van der Waals surface area (Å²) in [5, 5.41) is 2.83. The molecule has 3 rings (SSSR count). The van der Waals surface area contributed by atoms with E-state index in [1.54, 1.807) is 0 Å². The summed E-state index contributed by atoms with van der Waals surface area (Å²) in [5.41, 5.74) is 8.92. The Labute approximate surface area is 122 Å². The molecular formula is C16H16FN3O. The fourth-order valence-corrected chi connectivity index (χ4v) is 2.72. The van der Waals surface area contributed by atoms with Gasteiger partial charge in [0.2, 0.25) is 0 Å². The van der Waals surface area contributed by atoms with Crippen molar-refractivity contribution in [1.82, 2.24) is 4.98 Å². The average Bonchev–Trinajstić information content (AvgIpc) is 2.50. The minimum absolute atomic E-state index is 0.0266. The van der Waals surface area contributed by atoms with Crippen LogP contribution in [0.25, 0.3) is 0 Å². The van der Waals surface area contributed by atoms with Gasteiger partial charge in [0.25, 0.3) is 5.91 Å². The number of fused-ring (bicyclic) bond motifs is 1. The maximum Gasteiger partial charge on any atom is 0.259 e. The molecule has 1 aromatic heterocycles. The van der Waals surface area contributed by atoms with Crippen LogP contribution in [0.4, 0.5) is 15.9 Å². The molecule has 0 spiro atoms. The van der Waals surface area contributed by atoms with Crippen molar-refractivity contribution in [1.29, 1.82) is 0 Å². The molecule has 0 radical (unpaired) electrons. The standard InChI is InChI=1S/C16H16FN3O/c17-11-8-13(15(18)19-9-11)16(21)20-14-7-3-5-10-4-1-2-6-12(10)14/h3,5,7-9H,1-2,4,6H2,(H2,18,19)(H,20,21). The normalized spacial score (nSPS) is 13.6. The Morgan fingerprint density at radius 2 is 2.10 bits per heavy atom. The van der Waals surface area contributed by atoms with E-state index in [0.29, 0.717) is 0 Å². The summed E-state index contributed by atoms with van der Waals surface area (Å²) in [5.74, 6) is -0.985. The number of carbonyl (C=O) groups is 1. The van der Waals surface area contributed by atoms with Gasteiger partial charge in [-0.1, -0.05) is 12.1 Å². The lowest BCUT2D eigenvalue weighted by Crippen LogP contribution is -2.17. The second kappa shape index (κ2) is 5.52. The number of aromatic nitrogens is 1. The van der Waals surface area contributed by atoms with E-state index in [2.05, 4.69) is 16.4 Å². The lowest BCUT2D eigenvalue weighted by molar-refractivity contribution is 0.102. The van der Waals surface area contributed by atoms with Crippen LogP contribution < -0.4 is 11.1 Å². The number of nitrogens with one attached hydrogen (secondary N) is 1. The van der Waals surface area contributed by atoms with Crippen molar-refractivity contribution < 1.29 is 9.18 Å². The SMILES string of the molecule is Nc1ncc(F)cc1C(=O)Nc1cccc2c1CCCC2. The van der Waals surface area contributed by atoms with Gasteiger partial charge in [-0.15, -0.1) is 0 Å². The van der Waals surface area contributed by atoms with Gasteiger partial charge in [-0.05, 0) is 48.9 Å². The molecule has 2 aromatic rings. The third-order valence-corrected chi connectivity index (χ3v) is 3.77. The molecule has 0 saturated heterocycles. The summed E-state index contributed by atoms with van der Waals surface area (Å²) in [7, 11) is 0. The molecule has 21 heavy (non-hydrogen) atoms. The van der Waals surface area contributed by atoms with Gasteiger partial charge in [-0.3, -0.25) is 4.79 Å². The van der Waals surface area contributed by atoms with Gasteiger partial charge in [0, 0.05) is 5.69 Å². The largest absolute Gasteiger partial charge is 0.383 e. The van der Waals surface area contributed by atoms with E-state index in [-0.39, 0.29) is 11.4 Å². The molecule has 4 nitrogen and oxygen atoms in total. The molecule has 1 aromatic carbocycles. The monoisotopic (exact) mass is 285 g/mol. The Morgan fingerprint density at radius 3 is 2.95 bits per heavy atom. The third-order valence-electron chi connectivity index (χ3n) is 3.77. The van der Waals surface area contributed by atoms with Crippen LogP contribution in [0, 0.1) is 5.82 Å². The van der Waals surface area contributed by atoms with Crippen molar-refractivity contribution in [2.24, 2.45) is 0 Å².